The Morgan fingerprint density at radius 2 is 1.61 bits per heavy atom. The van der Waals surface area contributed by atoms with Crippen molar-refractivity contribution in [2.75, 3.05) is 58.4 Å². The maximum absolute atomic E-state index is 5.56. The third-order valence-corrected chi connectivity index (χ3v) is 8.34. The third-order valence-electron chi connectivity index (χ3n) is 8.34. The van der Waals surface area contributed by atoms with E-state index in [9.17, 15) is 0 Å². The normalized spacial score (nSPS) is 18.3. The first-order valence-corrected chi connectivity index (χ1v) is 13.6. The molecule has 2 aliphatic heterocycles. The van der Waals surface area contributed by atoms with Crippen molar-refractivity contribution < 1.29 is 9.47 Å². The molecule has 5 rings (SSSR count). The van der Waals surface area contributed by atoms with Crippen LogP contribution >= 0.6 is 0 Å². The molecule has 0 amide bonds. The molecular formula is C30H42N4O2. The minimum absolute atomic E-state index is 0.673. The summed E-state index contributed by atoms with van der Waals surface area (Å²) in [5, 5.41) is 1.32. The Hall–Kier alpha value is -2.70. The molecule has 1 aromatic heterocycles. The van der Waals surface area contributed by atoms with Crippen molar-refractivity contribution in [2.24, 2.45) is 0 Å². The number of aryl methyl sites for hydroxylation is 1. The molecule has 36 heavy (non-hydrogen) atoms. The molecule has 0 radical (unpaired) electrons. The number of hydrogen-bond acceptors (Lipinski definition) is 5. The van der Waals surface area contributed by atoms with E-state index in [-0.39, 0.29) is 0 Å². The van der Waals surface area contributed by atoms with Gasteiger partial charge in [-0.1, -0.05) is 6.92 Å². The van der Waals surface area contributed by atoms with Crippen LogP contribution < -0.4 is 14.4 Å². The summed E-state index contributed by atoms with van der Waals surface area (Å²) in [7, 11) is 3.36. The van der Waals surface area contributed by atoms with Crippen LogP contribution in [0.5, 0.6) is 11.5 Å². The number of ether oxygens (including phenoxy) is 2. The van der Waals surface area contributed by atoms with E-state index in [2.05, 4.69) is 70.8 Å². The molecule has 2 aromatic carbocycles. The zero-order chi connectivity index (χ0) is 25.2. The van der Waals surface area contributed by atoms with E-state index >= 15 is 0 Å². The van der Waals surface area contributed by atoms with E-state index in [1.54, 1.807) is 14.2 Å². The average molecular weight is 491 g/mol. The highest BCUT2D eigenvalue weighted by atomic mass is 16.5. The van der Waals surface area contributed by atoms with E-state index in [1.165, 1.54) is 53.8 Å². The van der Waals surface area contributed by atoms with Gasteiger partial charge in [0.05, 0.1) is 14.2 Å². The maximum Gasteiger partial charge on any atom is 0.161 e. The molecule has 6 nitrogen and oxygen atoms in total. The minimum atomic E-state index is 0.673. The van der Waals surface area contributed by atoms with E-state index in [0.29, 0.717) is 6.04 Å². The van der Waals surface area contributed by atoms with Crippen molar-refractivity contribution in [1.82, 2.24) is 14.8 Å². The number of H-pyrrole nitrogens is 1. The first-order valence-electron chi connectivity index (χ1n) is 13.6. The Morgan fingerprint density at radius 3 is 2.25 bits per heavy atom. The second-order valence-corrected chi connectivity index (χ2v) is 10.5. The van der Waals surface area contributed by atoms with E-state index in [1.807, 2.05) is 6.07 Å². The first-order chi connectivity index (χ1) is 17.5. The van der Waals surface area contributed by atoms with Gasteiger partial charge in [0.25, 0.3) is 0 Å². The lowest BCUT2D eigenvalue weighted by Crippen LogP contribution is -2.53. The standard InChI is InChI=1S/C30H42N4O2/c1-6-25-26-20-24(34-17-15-33(16-18-34)23-11-13-32(14-12-23)21(2)3)8-9-27(26)31-30(25)22-7-10-28(35-4)29(19-22)36-5/h7-10,19-21,23,31H,6,11-18H2,1-5H3. The van der Waals surface area contributed by atoms with Crippen molar-refractivity contribution >= 4 is 16.6 Å². The fraction of sp³-hybridized carbons (Fsp3) is 0.533. The molecule has 2 aliphatic rings. The van der Waals surface area contributed by atoms with Crippen molar-refractivity contribution in [3.63, 3.8) is 0 Å². The van der Waals surface area contributed by atoms with Gasteiger partial charge in [0, 0.05) is 66.1 Å². The number of aromatic nitrogens is 1. The lowest BCUT2D eigenvalue weighted by Gasteiger charge is -2.44. The molecule has 0 unspecified atom stereocenters. The molecule has 194 valence electrons. The summed E-state index contributed by atoms with van der Waals surface area (Å²) < 4.78 is 11.0. The van der Waals surface area contributed by atoms with Gasteiger partial charge in [-0.25, -0.2) is 0 Å². The Morgan fingerprint density at radius 1 is 0.889 bits per heavy atom. The number of nitrogens with one attached hydrogen (secondary N) is 1. The van der Waals surface area contributed by atoms with E-state index in [4.69, 9.17) is 9.47 Å². The summed E-state index contributed by atoms with van der Waals surface area (Å²) in [6, 6.07) is 14.5. The Balaban J connectivity index is 1.32. The topological polar surface area (TPSA) is 44.0 Å². The minimum Gasteiger partial charge on any atom is -0.493 e. The van der Waals surface area contributed by atoms with Gasteiger partial charge in [0.2, 0.25) is 0 Å². The van der Waals surface area contributed by atoms with Crippen molar-refractivity contribution in [1.29, 1.82) is 0 Å². The summed E-state index contributed by atoms with van der Waals surface area (Å²) in [6.07, 6.45) is 3.59. The molecule has 0 atom stereocenters. The first kappa shape index (κ1) is 25.0. The van der Waals surface area contributed by atoms with E-state index in [0.717, 1.165) is 55.7 Å². The van der Waals surface area contributed by atoms with E-state index < -0.39 is 0 Å². The number of methoxy groups -OCH3 is 2. The Labute approximate surface area is 216 Å². The monoisotopic (exact) mass is 490 g/mol. The molecular weight excluding hydrogens is 448 g/mol. The molecule has 1 N–H and O–H groups in total. The molecule has 0 aliphatic carbocycles. The number of nitrogens with zero attached hydrogens (tertiary/aromatic N) is 3. The van der Waals surface area contributed by atoms with Gasteiger partial charge in [-0.05, 0) is 88.2 Å². The largest absolute Gasteiger partial charge is 0.493 e. The molecule has 2 fully saturated rings. The lowest BCUT2D eigenvalue weighted by molar-refractivity contribution is 0.0883. The van der Waals surface area contributed by atoms with Crippen LogP contribution in [0.4, 0.5) is 5.69 Å². The number of likely N-dealkylation sites (tertiary alicyclic amines) is 1. The molecule has 0 saturated carbocycles. The highest BCUT2D eigenvalue weighted by Crippen LogP contribution is 2.37. The molecule has 0 spiro atoms. The number of fused-ring (bicyclic) bond motifs is 1. The predicted molar refractivity (Wildman–Crippen MR) is 150 cm³/mol. The van der Waals surface area contributed by atoms with Crippen molar-refractivity contribution in [3.8, 4) is 22.8 Å². The maximum atomic E-state index is 5.56. The van der Waals surface area contributed by atoms with Crippen LogP contribution in [0, 0.1) is 0 Å². The molecule has 3 heterocycles. The summed E-state index contributed by atoms with van der Waals surface area (Å²) in [6.45, 7) is 13.9. The van der Waals surface area contributed by atoms with Gasteiger partial charge in [-0.15, -0.1) is 0 Å². The Bertz CT molecular complexity index is 1170. The van der Waals surface area contributed by atoms with Crippen LogP contribution in [-0.2, 0) is 6.42 Å². The number of benzene rings is 2. The molecule has 6 heteroatoms. The van der Waals surface area contributed by atoms with Gasteiger partial charge < -0.3 is 24.3 Å². The smallest absolute Gasteiger partial charge is 0.161 e. The zero-order valence-electron chi connectivity index (χ0n) is 22.6. The highest BCUT2D eigenvalue weighted by molar-refractivity contribution is 5.93. The summed E-state index contributed by atoms with van der Waals surface area (Å²) in [4.78, 5) is 11.6. The van der Waals surface area contributed by atoms with Gasteiger partial charge in [0.15, 0.2) is 11.5 Å². The number of anilines is 1. The van der Waals surface area contributed by atoms with Crippen LogP contribution in [-0.4, -0.2) is 80.4 Å². The van der Waals surface area contributed by atoms with Gasteiger partial charge >= 0.3 is 0 Å². The number of piperidine rings is 1. The molecule has 2 saturated heterocycles. The highest BCUT2D eigenvalue weighted by Gasteiger charge is 2.28. The second kappa shape index (κ2) is 10.7. The lowest BCUT2D eigenvalue weighted by atomic mass is 10.0. The van der Waals surface area contributed by atoms with Crippen LogP contribution in [0.15, 0.2) is 36.4 Å². The van der Waals surface area contributed by atoms with Crippen LogP contribution in [0.2, 0.25) is 0 Å². The SMILES string of the molecule is CCc1c(-c2ccc(OC)c(OC)c2)[nH]c2ccc(N3CCN(C4CCN(C(C)C)CC4)CC3)cc12. The molecule has 3 aromatic rings. The Kier molecular flexibility index (Phi) is 7.44. The van der Waals surface area contributed by atoms with Gasteiger partial charge in [-0.2, -0.15) is 0 Å². The summed E-state index contributed by atoms with van der Waals surface area (Å²) >= 11 is 0. The fourth-order valence-electron chi connectivity index (χ4n) is 6.15. The van der Waals surface area contributed by atoms with Gasteiger partial charge in [0.1, 0.15) is 0 Å². The average Bonchev–Trinajstić information content (AvgIpc) is 3.30. The van der Waals surface area contributed by atoms with Crippen molar-refractivity contribution in [2.45, 2.75) is 52.1 Å². The van der Waals surface area contributed by atoms with Crippen LogP contribution in [0.3, 0.4) is 0 Å². The number of piperazine rings is 1. The number of rotatable bonds is 7. The third kappa shape index (κ3) is 4.81. The van der Waals surface area contributed by atoms with Gasteiger partial charge in [-0.3, -0.25) is 4.90 Å². The quantitative estimate of drug-likeness (QED) is 0.480. The summed E-state index contributed by atoms with van der Waals surface area (Å²) in [5.41, 5.74) is 6.18. The predicted octanol–water partition coefficient (Wildman–Crippen LogP) is 5.41. The summed E-state index contributed by atoms with van der Waals surface area (Å²) in [5.74, 6) is 1.51. The van der Waals surface area contributed by atoms with Crippen LogP contribution in [0.1, 0.15) is 39.2 Å². The molecule has 0 bridgehead atoms. The number of hydrogen-bond donors (Lipinski definition) is 1. The van der Waals surface area contributed by atoms with Crippen LogP contribution in [0.25, 0.3) is 22.2 Å². The fourth-order valence-corrected chi connectivity index (χ4v) is 6.15. The second-order valence-electron chi connectivity index (χ2n) is 10.5. The van der Waals surface area contributed by atoms with Crippen molar-refractivity contribution in [3.05, 3.63) is 42.0 Å². The zero-order valence-corrected chi connectivity index (χ0v) is 22.6. The number of aromatic amines is 1.